The second-order valence-corrected chi connectivity index (χ2v) is 4.37. The van der Waals surface area contributed by atoms with Crippen molar-refractivity contribution in [1.82, 2.24) is 5.32 Å². The van der Waals surface area contributed by atoms with Gasteiger partial charge in [0.2, 0.25) is 5.91 Å². The maximum Gasteiger partial charge on any atom is 0.246 e. The van der Waals surface area contributed by atoms with Gasteiger partial charge < -0.3 is 25.3 Å². The number of hydrogen-bond donors (Lipinski definition) is 2. The van der Waals surface area contributed by atoms with Crippen molar-refractivity contribution in [3.63, 3.8) is 0 Å². The third-order valence-electron chi connectivity index (χ3n) is 2.44. The molecule has 1 aromatic carbocycles. The summed E-state index contributed by atoms with van der Waals surface area (Å²) >= 11 is 0. The van der Waals surface area contributed by atoms with Crippen LogP contribution in [0, 0.1) is 11.8 Å². The Morgan fingerprint density at radius 3 is 2.52 bits per heavy atom. The highest BCUT2D eigenvalue weighted by Crippen LogP contribution is 2.09. The minimum atomic E-state index is -0.478. The van der Waals surface area contributed by atoms with Crippen molar-refractivity contribution in [2.24, 2.45) is 5.73 Å². The Bertz CT molecular complexity index is 468. The van der Waals surface area contributed by atoms with Crippen LogP contribution < -0.4 is 11.1 Å². The first-order chi connectivity index (χ1) is 11.2. The first-order valence-corrected chi connectivity index (χ1v) is 7.22. The Morgan fingerprint density at radius 1 is 1.26 bits per heavy atom. The minimum Gasteiger partial charge on any atom is -0.388 e. The smallest absolute Gasteiger partial charge is 0.246 e. The molecule has 0 heterocycles. The molecule has 0 spiro atoms. The zero-order valence-corrected chi connectivity index (χ0v) is 14.0. The summed E-state index contributed by atoms with van der Waals surface area (Å²) in [5, 5.41) is 2.61. The molecular weight excluding hydrogens is 296 g/mol. The van der Waals surface area contributed by atoms with Gasteiger partial charge in [-0.2, -0.15) is 0 Å². The Kier molecular flexibility index (Phi) is 13.8. The number of benzene rings is 1. The average molecular weight is 322 g/mol. The van der Waals surface area contributed by atoms with Gasteiger partial charge in [0.05, 0.1) is 19.8 Å². The lowest BCUT2D eigenvalue weighted by Gasteiger charge is -2.13. The van der Waals surface area contributed by atoms with E-state index in [1.807, 2.05) is 30.3 Å². The maximum absolute atomic E-state index is 11.3. The van der Waals surface area contributed by atoms with Crippen molar-refractivity contribution < 1.29 is 19.0 Å². The van der Waals surface area contributed by atoms with Gasteiger partial charge in [-0.25, -0.2) is 0 Å². The number of carbonyl (C=O) groups excluding carboxylic acids is 1. The topological polar surface area (TPSA) is 82.8 Å². The van der Waals surface area contributed by atoms with E-state index in [1.54, 1.807) is 21.1 Å². The molecule has 1 atom stereocenters. The zero-order chi connectivity index (χ0) is 17.3. The molecule has 1 amide bonds. The monoisotopic (exact) mass is 322 g/mol. The van der Waals surface area contributed by atoms with E-state index in [-0.39, 0.29) is 12.5 Å². The van der Waals surface area contributed by atoms with E-state index in [0.717, 1.165) is 5.56 Å². The normalized spacial score (nSPS) is 10.6. The Labute approximate surface area is 138 Å². The number of carbonyl (C=O) groups is 1. The summed E-state index contributed by atoms with van der Waals surface area (Å²) < 4.78 is 14.8. The molecule has 3 N–H and O–H groups in total. The summed E-state index contributed by atoms with van der Waals surface area (Å²) in [6.07, 6.45) is -0.478. The van der Waals surface area contributed by atoms with Crippen LogP contribution in [0.4, 0.5) is 0 Å². The van der Waals surface area contributed by atoms with Crippen LogP contribution in [0.3, 0.4) is 0 Å². The summed E-state index contributed by atoms with van der Waals surface area (Å²) in [7, 11) is 3.25. The van der Waals surface area contributed by atoms with Crippen molar-refractivity contribution in [3.8, 4) is 11.8 Å². The van der Waals surface area contributed by atoms with Crippen LogP contribution in [-0.2, 0) is 19.0 Å². The summed E-state index contributed by atoms with van der Waals surface area (Å²) in [6.45, 7) is 2.70. The first-order valence-electron chi connectivity index (χ1n) is 7.22. The number of rotatable bonds is 8. The third-order valence-corrected chi connectivity index (χ3v) is 2.44. The van der Waals surface area contributed by atoms with Gasteiger partial charge in [0.1, 0.15) is 12.8 Å². The van der Waals surface area contributed by atoms with Crippen LogP contribution >= 0.6 is 0 Å². The van der Waals surface area contributed by atoms with Crippen molar-refractivity contribution >= 4 is 5.91 Å². The Morgan fingerprint density at radius 2 is 1.91 bits per heavy atom. The van der Waals surface area contributed by atoms with Gasteiger partial charge in [-0.1, -0.05) is 36.3 Å². The van der Waals surface area contributed by atoms with Gasteiger partial charge in [0.15, 0.2) is 0 Å². The molecule has 0 aromatic heterocycles. The molecule has 6 heteroatoms. The van der Waals surface area contributed by atoms with Gasteiger partial charge in [-0.15, -0.1) is 5.92 Å². The van der Waals surface area contributed by atoms with E-state index < -0.39 is 6.23 Å². The van der Waals surface area contributed by atoms with Crippen LogP contribution in [0.15, 0.2) is 30.3 Å². The van der Waals surface area contributed by atoms with E-state index in [2.05, 4.69) is 21.9 Å². The number of nitrogens with two attached hydrogens (primary N) is 1. The standard InChI is InChI=1S/C15H20N2O3.C2H6O/c1-2-3-9-17-14(18)12-19-10-11-20-15(16)13-7-5-4-6-8-13;1-3-2/h4-8,15H,9-12,16H2,1H3,(H,17,18);1-2H3. The summed E-state index contributed by atoms with van der Waals surface area (Å²) in [6, 6.07) is 9.51. The number of ether oxygens (including phenoxy) is 3. The van der Waals surface area contributed by atoms with Crippen molar-refractivity contribution in [2.75, 3.05) is 40.6 Å². The lowest BCUT2D eigenvalue weighted by molar-refractivity contribution is -0.126. The molecule has 0 aliphatic carbocycles. The van der Waals surface area contributed by atoms with Gasteiger partial charge in [0.25, 0.3) is 0 Å². The highest BCUT2D eigenvalue weighted by Gasteiger charge is 2.05. The lowest BCUT2D eigenvalue weighted by atomic mass is 10.2. The van der Waals surface area contributed by atoms with Crippen LogP contribution in [-0.4, -0.2) is 46.5 Å². The molecular formula is C17H26N2O4. The van der Waals surface area contributed by atoms with E-state index >= 15 is 0 Å². The maximum atomic E-state index is 11.3. The third kappa shape index (κ3) is 12.3. The lowest BCUT2D eigenvalue weighted by Crippen LogP contribution is -2.28. The van der Waals surface area contributed by atoms with Crippen LogP contribution in [0.25, 0.3) is 0 Å². The highest BCUT2D eigenvalue weighted by atomic mass is 16.5. The largest absolute Gasteiger partial charge is 0.388 e. The predicted octanol–water partition coefficient (Wildman–Crippen LogP) is 1.08. The number of amides is 1. The Hall–Kier alpha value is -1.91. The second-order valence-electron chi connectivity index (χ2n) is 4.37. The van der Waals surface area contributed by atoms with E-state index in [4.69, 9.17) is 15.2 Å². The fraction of sp³-hybridized carbons (Fsp3) is 0.471. The predicted molar refractivity (Wildman–Crippen MR) is 89.5 cm³/mol. The average Bonchev–Trinajstić information content (AvgIpc) is 2.56. The molecule has 6 nitrogen and oxygen atoms in total. The van der Waals surface area contributed by atoms with Crippen molar-refractivity contribution in [3.05, 3.63) is 35.9 Å². The summed E-state index contributed by atoms with van der Waals surface area (Å²) in [5.41, 5.74) is 6.75. The molecule has 128 valence electrons. The minimum absolute atomic E-state index is 0.00463. The molecule has 0 saturated carbocycles. The highest BCUT2D eigenvalue weighted by molar-refractivity contribution is 5.77. The van der Waals surface area contributed by atoms with Gasteiger partial charge >= 0.3 is 0 Å². The first kappa shape index (κ1) is 21.1. The fourth-order valence-electron chi connectivity index (χ4n) is 1.42. The summed E-state index contributed by atoms with van der Waals surface area (Å²) in [5.74, 6) is 5.23. The molecule has 0 bridgehead atoms. The fourth-order valence-corrected chi connectivity index (χ4v) is 1.42. The van der Waals surface area contributed by atoms with Gasteiger partial charge in [-0.3, -0.25) is 4.79 Å². The van der Waals surface area contributed by atoms with E-state index in [0.29, 0.717) is 19.8 Å². The Balaban J connectivity index is 0.00000149. The van der Waals surface area contributed by atoms with Crippen LogP contribution in [0.2, 0.25) is 0 Å². The number of nitrogens with one attached hydrogen (secondary N) is 1. The number of methoxy groups -OCH3 is 1. The quantitative estimate of drug-likeness (QED) is 0.425. The molecule has 0 fully saturated rings. The summed E-state index contributed by atoms with van der Waals surface area (Å²) in [4.78, 5) is 11.3. The molecule has 0 radical (unpaired) electrons. The molecule has 1 aromatic rings. The van der Waals surface area contributed by atoms with Gasteiger partial charge in [0, 0.05) is 14.2 Å². The second kappa shape index (κ2) is 15.0. The number of hydrogen-bond acceptors (Lipinski definition) is 5. The molecule has 0 aliphatic heterocycles. The SMILES string of the molecule is CC#CCNC(=O)COCCOC(N)c1ccccc1.COC. The molecule has 23 heavy (non-hydrogen) atoms. The molecule has 1 unspecified atom stereocenters. The zero-order valence-electron chi connectivity index (χ0n) is 14.0. The van der Waals surface area contributed by atoms with Crippen molar-refractivity contribution in [1.29, 1.82) is 0 Å². The molecule has 0 saturated heterocycles. The van der Waals surface area contributed by atoms with E-state index in [9.17, 15) is 4.79 Å². The molecule has 1 rings (SSSR count). The molecule has 0 aliphatic rings. The van der Waals surface area contributed by atoms with E-state index in [1.165, 1.54) is 0 Å². The van der Waals surface area contributed by atoms with Crippen molar-refractivity contribution in [2.45, 2.75) is 13.2 Å². The van der Waals surface area contributed by atoms with Crippen LogP contribution in [0.5, 0.6) is 0 Å². The van der Waals surface area contributed by atoms with Crippen LogP contribution in [0.1, 0.15) is 18.7 Å². The van der Waals surface area contributed by atoms with Gasteiger partial charge in [-0.05, 0) is 12.5 Å².